The van der Waals surface area contributed by atoms with Gasteiger partial charge in [-0.05, 0) is 68.8 Å². The second-order valence-electron chi connectivity index (χ2n) is 8.51. The Bertz CT molecular complexity index is 1240. The largest absolute Gasteiger partial charge is 0.484 e. The van der Waals surface area contributed by atoms with Crippen LogP contribution in [0, 0.1) is 20.8 Å². The molecule has 0 aromatic heterocycles. The Hall–Kier alpha value is -3.52. The summed E-state index contributed by atoms with van der Waals surface area (Å²) in [6.45, 7) is 9.73. The molecule has 2 aromatic carbocycles. The molecule has 0 spiro atoms. The number of anilines is 1. The average Bonchev–Trinajstić information content (AvgIpc) is 3.27. The van der Waals surface area contributed by atoms with E-state index in [2.05, 4.69) is 10.3 Å². The molecule has 2 aromatic rings. The van der Waals surface area contributed by atoms with Crippen molar-refractivity contribution in [1.82, 2.24) is 4.90 Å². The van der Waals surface area contributed by atoms with Gasteiger partial charge in [0.25, 0.3) is 5.91 Å². The molecule has 2 aliphatic rings. The van der Waals surface area contributed by atoms with E-state index in [4.69, 9.17) is 9.47 Å². The summed E-state index contributed by atoms with van der Waals surface area (Å²) in [4.78, 5) is 32.0. The number of aliphatic imine (C=N–C) groups is 1. The average molecular weight is 492 g/mol. The monoisotopic (exact) mass is 491 g/mol. The van der Waals surface area contributed by atoms with Crippen LogP contribution in [0.5, 0.6) is 5.75 Å². The zero-order chi connectivity index (χ0) is 25.1. The summed E-state index contributed by atoms with van der Waals surface area (Å²) in [5.41, 5.74) is 5.95. The number of esters is 1. The standard InChI is InChI=1S/C27H29N3O4S/c1-6-33-26(32)23-19(5)28-27-30(10-11-35-27)25(23)20-8-7-9-21(14-20)34-15-22(31)29-24-17(3)12-16(2)13-18(24)4/h7-14,25H,6,15H2,1-5H3,(H,29,31)/t25-/m0/s1. The maximum absolute atomic E-state index is 12.8. The van der Waals surface area contributed by atoms with Crippen molar-refractivity contribution in [2.75, 3.05) is 18.5 Å². The highest BCUT2D eigenvalue weighted by Gasteiger charge is 2.37. The summed E-state index contributed by atoms with van der Waals surface area (Å²) in [5.74, 6) is -0.0900. The molecule has 7 nitrogen and oxygen atoms in total. The number of allylic oxidation sites excluding steroid dienone is 1. The van der Waals surface area contributed by atoms with Crippen LogP contribution in [0.4, 0.5) is 5.69 Å². The van der Waals surface area contributed by atoms with Crippen LogP contribution >= 0.6 is 11.8 Å². The van der Waals surface area contributed by atoms with Crippen molar-refractivity contribution in [3.63, 3.8) is 0 Å². The van der Waals surface area contributed by atoms with Crippen molar-refractivity contribution < 1.29 is 19.1 Å². The summed E-state index contributed by atoms with van der Waals surface area (Å²) >= 11 is 1.50. The van der Waals surface area contributed by atoms with E-state index in [1.165, 1.54) is 11.8 Å². The van der Waals surface area contributed by atoms with Crippen LogP contribution in [-0.4, -0.2) is 35.2 Å². The second kappa shape index (κ2) is 10.4. The van der Waals surface area contributed by atoms with E-state index in [1.807, 2.05) is 74.5 Å². The molecule has 1 amide bonds. The van der Waals surface area contributed by atoms with E-state index in [9.17, 15) is 9.59 Å². The Morgan fingerprint density at radius 2 is 1.86 bits per heavy atom. The van der Waals surface area contributed by atoms with Gasteiger partial charge in [0.1, 0.15) is 5.75 Å². The number of fused-ring (bicyclic) bond motifs is 1. The lowest BCUT2D eigenvalue weighted by Gasteiger charge is -2.33. The zero-order valence-electron chi connectivity index (χ0n) is 20.5. The number of amidine groups is 1. The zero-order valence-corrected chi connectivity index (χ0v) is 21.4. The number of nitrogens with one attached hydrogen (secondary N) is 1. The molecule has 0 radical (unpaired) electrons. The number of thioether (sulfide) groups is 1. The summed E-state index contributed by atoms with van der Waals surface area (Å²) in [7, 11) is 0. The van der Waals surface area contributed by atoms with Gasteiger partial charge >= 0.3 is 5.97 Å². The highest BCUT2D eigenvalue weighted by atomic mass is 32.2. The molecule has 0 unspecified atom stereocenters. The third-order valence-corrected chi connectivity index (χ3v) is 6.57. The molecule has 0 saturated carbocycles. The minimum Gasteiger partial charge on any atom is -0.484 e. The van der Waals surface area contributed by atoms with Crippen molar-refractivity contribution in [3.8, 4) is 5.75 Å². The molecule has 1 atom stereocenters. The lowest BCUT2D eigenvalue weighted by molar-refractivity contribution is -0.139. The Morgan fingerprint density at radius 1 is 1.11 bits per heavy atom. The van der Waals surface area contributed by atoms with Crippen LogP contribution in [0.3, 0.4) is 0 Å². The SMILES string of the molecule is CCOC(=O)C1=C(C)N=C2SC=CN2[C@H]1c1cccc(OCC(=O)Nc2c(C)cc(C)cc2C)c1. The summed E-state index contributed by atoms with van der Waals surface area (Å²) in [6, 6.07) is 11.1. The number of rotatable bonds is 7. The van der Waals surface area contributed by atoms with E-state index in [1.54, 1.807) is 13.0 Å². The fraction of sp³-hybridized carbons (Fsp3) is 0.296. The Labute approximate surface area is 209 Å². The lowest BCUT2D eigenvalue weighted by atomic mass is 9.94. The lowest BCUT2D eigenvalue weighted by Crippen LogP contribution is -2.34. The van der Waals surface area contributed by atoms with Crippen molar-refractivity contribution in [3.05, 3.63) is 81.5 Å². The number of hydrogen-bond donors (Lipinski definition) is 1. The summed E-state index contributed by atoms with van der Waals surface area (Å²) in [5, 5.41) is 5.70. The maximum atomic E-state index is 12.8. The van der Waals surface area contributed by atoms with Crippen LogP contribution in [-0.2, 0) is 14.3 Å². The topological polar surface area (TPSA) is 80.2 Å². The quantitative estimate of drug-likeness (QED) is 0.523. The predicted octanol–water partition coefficient (Wildman–Crippen LogP) is 5.40. The van der Waals surface area contributed by atoms with Gasteiger partial charge < -0.3 is 19.7 Å². The van der Waals surface area contributed by atoms with Crippen molar-refractivity contribution in [2.24, 2.45) is 4.99 Å². The smallest absolute Gasteiger partial charge is 0.338 e. The molecule has 2 heterocycles. The van der Waals surface area contributed by atoms with E-state index in [-0.39, 0.29) is 19.1 Å². The molecule has 2 aliphatic heterocycles. The van der Waals surface area contributed by atoms with Crippen LogP contribution in [0.1, 0.15) is 42.1 Å². The summed E-state index contributed by atoms with van der Waals surface area (Å²) < 4.78 is 11.2. The number of carbonyl (C=O) groups excluding carboxylic acids is 2. The first-order valence-electron chi connectivity index (χ1n) is 11.5. The summed E-state index contributed by atoms with van der Waals surface area (Å²) in [6.07, 6.45) is 1.91. The first-order chi connectivity index (χ1) is 16.8. The van der Waals surface area contributed by atoms with Gasteiger partial charge in [0, 0.05) is 11.9 Å². The van der Waals surface area contributed by atoms with Crippen LogP contribution in [0.25, 0.3) is 0 Å². The highest BCUT2D eigenvalue weighted by molar-refractivity contribution is 8.16. The molecule has 8 heteroatoms. The number of ether oxygens (including phenoxy) is 2. The highest BCUT2D eigenvalue weighted by Crippen LogP contribution is 2.41. The van der Waals surface area contributed by atoms with Gasteiger partial charge in [0.2, 0.25) is 0 Å². The maximum Gasteiger partial charge on any atom is 0.338 e. The van der Waals surface area contributed by atoms with Crippen molar-refractivity contribution in [1.29, 1.82) is 0 Å². The van der Waals surface area contributed by atoms with Crippen molar-refractivity contribution in [2.45, 2.75) is 40.7 Å². The fourth-order valence-corrected chi connectivity index (χ4v) is 5.17. The molecular formula is C27H29N3O4S. The minimum atomic E-state index is -0.400. The van der Waals surface area contributed by atoms with E-state index >= 15 is 0 Å². The third kappa shape index (κ3) is 5.27. The molecule has 1 N–H and O–H groups in total. The molecule has 0 aliphatic carbocycles. The van der Waals surface area contributed by atoms with Crippen LogP contribution in [0.2, 0.25) is 0 Å². The molecule has 4 rings (SSSR count). The number of nitrogens with zero attached hydrogens (tertiary/aromatic N) is 2. The third-order valence-electron chi connectivity index (χ3n) is 5.80. The van der Waals surface area contributed by atoms with Crippen LogP contribution in [0.15, 0.2) is 64.3 Å². The van der Waals surface area contributed by atoms with Crippen molar-refractivity contribution >= 4 is 34.5 Å². The fourth-order valence-electron chi connectivity index (χ4n) is 4.37. The van der Waals surface area contributed by atoms with E-state index in [0.717, 1.165) is 33.1 Å². The normalized spacial score (nSPS) is 16.7. The van der Waals surface area contributed by atoms with E-state index in [0.29, 0.717) is 17.0 Å². The Balaban J connectivity index is 1.53. The molecule has 0 saturated heterocycles. The molecule has 0 fully saturated rings. The number of carbonyl (C=O) groups is 2. The van der Waals surface area contributed by atoms with Gasteiger partial charge in [0.05, 0.1) is 23.9 Å². The first-order valence-corrected chi connectivity index (χ1v) is 12.3. The first kappa shape index (κ1) is 24.6. The number of hydrogen-bond acceptors (Lipinski definition) is 7. The van der Waals surface area contributed by atoms with Gasteiger partial charge in [-0.1, -0.05) is 41.6 Å². The Kier molecular flexibility index (Phi) is 7.31. The van der Waals surface area contributed by atoms with Gasteiger partial charge in [0.15, 0.2) is 11.8 Å². The molecular weight excluding hydrogens is 462 g/mol. The van der Waals surface area contributed by atoms with Gasteiger partial charge in [-0.3, -0.25) is 4.79 Å². The van der Waals surface area contributed by atoms with Gasteiger partial charge in [-0.15, -0.1) is 0 Å². The van der Waals surface area contributed by atoms with Gasteiger partial charge in [-0.2, -0.15) is 0 Å². The minimum absolute atomic E-state index is 0.132. The number of benzene rings is 2. The predicted molar refractivity (Wildman–Crippen MR) is 139 cm³/mol. The number of amides is 1. The second-order valence-corrected chi connectivity index (χ2v) is 9.38. The molecule has 35 heavy (non-hydrogen) atoms. The van der Waals surface area contributed by atoms with E-state index < -0.39 is 12.0 Å². The molecule has 0 bridgehead atoms. The van der Waals surface area contributed by atoms with Gasteiger partial charge in [-0.25, -0.2) is 9.79 Å². The number of aryl methyl sites for hydroxylation is 3. The van der Waals surface area contributed by atoms with Crippen LogP contribution < -0.4 is 10.1 Å². The molecule has 182 valence electrons. The Morgan fingerprint density at radius 3 is 2.57 bits per heavy atom.